The molecule has 1 aromatic rings. The summed E-state index contributed by atoms with van der Waals surface area (Å²) in [7, 11) is 1.52. The first-order valence-corrected chi connectivity index (χ1v) is 12.0. The molecule has 3 saturated carbocycles. The van der Waals surface area contributed by atoms with E-state index in [1.165, 1.54) is 54.7 Å². The van der Waals surface area contributed by atoms with Gasteiger partial charge in [-0.1, -0.05) is 51.4 Å². The SMILES string of the molecule is Cn1c(=O)n(C2CCCCC2)c(=O)n(C2CCC(CC3CCCCC3)CC2)c1=O. The van der Waals surface area contributed by atoms with Crippen LogP contribution < -0.4 is 17.1 Å². The molecule has 3 aliphatic carbocycles. The van der Waals surface area contributed by atoms with E-state index in [1.54, 1.807) is 0 Å². The van der Waals surface area contributed by atoms with Crippen molar-refractivity contribution in [3.63, 3.8) is 0 Å². The fourth-order valence-corrected chi connectivity index (χ4v) is 6.18. The number of hydrogen-bond donors (Lipinski definition) is 0. The first-order chi connectivity index (χ1) is 14.1. The van der Waals surface area contributed by atoms with Gasteiger partial charge in [-0.05, 0) is 56.8 Å². The lowest BCUT2D eigenvalue weighted by Gasteiger charge is -2.33. The maximum Gasteiger partial charge on any atom is 0.336 e. The van der Waals surface area contributed by atoms with Crippen LogP contribution in [-0.2, 0) is 7.05 Å². The lowest BCUT2D eigenvalue weighted by molar-refractivity contribution is 0.201. The highest BCUT2D eigenvalue weighted by Crippen LogP contribution is 2.38. The zero-order valence-electron chi connectivity index (χ0n) is 18.0. The van der Waals surface area contributed by atoms with Gasteiger partial charge in [0.2, 0.25) is 0 Å². The average Bonchev–Trinajstić information content (AvgIpc) is 2.75. The van der Waals surface area contributed by atoms with E-state index in [2.05, 4.69) is 0 Å². The number of aromatic nitrogens is 3. The fraction of sp³-hybridized carbons (Fsp3) is 0.870. The smallest absolute Gasteiger partial charge is 0.248 e. The van der Waals surface area contributed by atoms with Crippen LogP contribution in [0.3, 0.4) is 0 Å². The number of rotatable bonds is 4. The Morgan fingerprint density at radius 2 is 1.03 bits per heavy atom. The van der Waals surface area contributed by atoms with Crippen molar-refractivity contribution in [1.82, 2.24) is 13.7 Å². The van der Waals surface area contributed by atoms with Crippen molar-refractivity contribution in [1.29, 1.82) is 0 Å². The Balaban J connectivity index is 1.52. The normalized spacial score (nSPS) is 27.2. The molecule has 4 rings (SSSR count). The van der Waals surface area contributed by atoms with Crippen molar-refractivity contribution >= 4 is 0 Å². The summed E-state index contributed by atoms with van der Waals surface area (Å²) in [5.74, 6) is 1.62. The largest absolute Gasteiger partial charge is 0.336 e. The third-order valence-electron chi connectivity index (χ3n) is 7.91. The first-order valence-electron chi connectivity index (χ1n) is 12.0. The van der Waals surface area contributed by atoms with E-state index in [-0.39, 0.29) is 17.8 Å². The van der Waals surface area contributed by atoms with Crippen molar-refractivity contribution in [3.8, 4) is 0 Å². The van der Waals surface area contributed by atoms with Crippen LogP contribution in [0.5, 0.6) is 0 Å². The van der Waals surface area contributed by atoms with Gasteiger partial charge in [0.15, 0.2) is 0 Å². The van der Waals surface area contributed by atoms with Crippen molar-refractivity contribution in [2.24, 2.45) is 18.9 Å². The lowest BCUT2D eigenvalue weighted by atomic mass is 9.76. The fourth-order valence-electron chi connectivity index (χ4n) is 6.18. The maximum absolute atomic E-state index is 13.3. The molecule has 1 aromatic heterocycles. The van der Waals surface area contributed by atoms with Crippen LogP contribution in [0.2, 0.25) is 0 Å². The molecule has 0 amide bonds. The third-order valence-corrected chi connectivity index (χ3v) is 7.91. The van der Waals surface area contributed by atoms with Crippen LogP contribution in [0.4, 0.5) is 0 Å². The Labute approximate surface area is 172 Å². The summed E-state index contributed by atoms with van der Waals surface area (Å²) >= 11 is 0. The summed E-state index contributed by atoms with van der Waals surface area (Å²) < 4.78 is 3.98. The topological polar surface area (TPSA) is 66.0 Å². The molecule has 0 bridgehead atoms. The van der Waals surface area contributed by atoms with Gasteiger partial charge in [0.05, 0.1) is 0 Å². The second-order valence-electron chi connectivity index (χ2n) is 9.85. The van der Waals surface area contributed by atoms with Crippen molar-refractivity contribution < 1.29 is 0 Å². The monoisotopic (exact) mass is 403 g/mol. The van der Waals surface area contributed by atoms with Gasteiger partial charge in [0.1, 0.15) is 0 Å². The molecule has 1 heterocycles. The van der Waals surface area contributed by atoms with E-state index in [4.69, 9.17) is 0 Å². The predicted octanol–water partition coefficient (Wildman–Crippen LogP) is 3.92. The van der Waals surface area contributed by atoms with Crippen molar-refractivity contribution in [2.75, 3.05) is 0 Å². The Morgan fingerprint density at radius 1 is 0.586 bits per heavy atom. The van der Waals surface area contributed by atoms with E-state index in [9.17, 15) is 14.4 Å². The molecule has 0 radical (unpaired) electrons. The van der Waals surface area contributed by atoms with Gasteiger partial charge in [-0.3, -0.25) is 0 Å². The van der Waals surface area contributed by atoms with E-state index in [1.807, 2.05) is 0 Å². The molecule has 0 unspecified atom stereocenters. The van der Waals surface area contributed by atoms with E-state index >= 15 is 0 Å². The minimum absolute atomic E-state index is 0.0514. The second kappa shape index (κ2) is 9.05. The van der Waals surface area contributed by atoms with Gasteiger partial charge < -0.3 is 0 Å². The zero-order valence-corrected chi connectivity index (χ0v) is 18.0. The van der Waals surface area contributed by atoms with E-state index in [0.717, 1.165) is 74.2 Å². The van der Waals surface area contributed by atoms with Gasteiger partial charge >= 0.3 is 17.1 Å². The molecule has 0 aromatic carbocycles. The third kappa shape index (κ3) is 4.31. The molecular formula is C23H37N3O3. The molecule has 6 heteroatoms. The Kier molecular flexibility index (Phi) is 6.45. The van der Waals surface area contributed by atoms with Gasteiger partial charge in [-0.2, -0.15) is 0 Å². The molecule has 0 spiro atoms. The summed E-state index contributed by atoms with van der Waals surface area (Å²) in [6.45, 7) is 0. The Hall–Kier alpha value is -1.59. The Bertz CT molecular complexity index is 861. The second-order valence-corrected chi connectivity index (χ2v) is 9.85. The van der Waals surface area contributed by atoms with Crippen LogP contribution >= 0.6 is 0 Å². The molecule has 0 saturated heterocycles. The maximum atomic E-state index is 13.3. The molecular weight excluding hydrogens is 366 g/mol. The lowest BCUT2D eigenvalue weighted by Crippen LogP contribution is -2.56. The molecule has 29 heavy (non-hydrogen) atoms. The van der Waals surface area contributed by atoms with Crippen LogP contribution in [0.15, 0.2) is 14.4 Å². The minimum atomic E-state index is -0.436. The zero-order chi connectivity index (χ0) is 20.4. The van der Waals surface area contributed by atoms with Crippen LogP contribution in [0.25, 0.3) is 0 Å². The number of hydrogen-bond acceptors (Lipinski definition) is 3. The van der Waals surface area contributed by atoms with Crippen LogP contribution in [0, 0.1) is 11.8 Å². The molecule has 162 valence electrons. The molecule has 0 aliphatic heterocycles. The standard InChI is InChI=1S/C23H37N3O3/c1-24-21(27)25(19-10-6-3-7-11-19)23(29)26(22(24)28)20-14-12-18(13-15-20)16-17-8-4-2-5-9-17/h17-20H,2-16H2,1H3. The van der Waals surface area contributed by atoms with Gasteiger partial charge in [0.25, 0.3) is 0 Å². The minimum Gasteiger partial charge on any atom is -0.248 e. The molecule has 3 aliphatic rings. The molecule has 0 N–H and O–H groups in total. The quantitative estimate of drug-likeness (QED) is 0.765. The highest BCUT2D eigenvalue weighted by molar-refractivity contribution is 4.88. The predicted molar refractivity (Wildman–Crippen MR) is 115 cm³/mol. The first kappa shape index (κ1) is 20.7. The summed E-state index contributed by atoms with van der Waals surface area (Å²) in [4.78, 5) is 38.9. The van der Waals surface area contributed by atoms with E-state index < -0.39 is 11.4 Å². The summed E-state index contributed by atoms with van der Waals surface area (Å²) in [6.07, 6.45) is 17.2. The van der Waals surface area contributed by atoms with Crippen LogP contribution in [-0.4, -0.2) is 13.7 Å². The van der Waals surface area contributed by atoms with Gasteiger partial charge in [0, 0.05) is 19.1 Å². The summed E-state index contributed by atoms with van der Waals surface area (Å²) in [5.41, 5.74) is -1.22. The highest BCUT2D eigenvalue weighted by atomic mass is 16.2. The van der Waals surface area contributed by atoms with Crippen molar-refractivity contribution in [2.45, 2.75) is 108 Å². The summed E-state index contributed by atoms with van der Waals surface area (Å²) in [5, 5.41) is 0. The van der Waals surface area contributed by atoms with Crippen LogP contribution in [0.1, 0.15) is 108 Å². The molecule has 3 fully saturated rings. The average molecular weight is 404 g/mol. The molecule has 6 nitrogen and oxygen atoms in total. The number of nitrogens with zero attached hydrogens (tertiary/aromatic N) is 3. The van der Waals surface area contributed by atoms with E-state index in [0.29, 0.717) is 0 Å². The summed E-state index contributed by atoms with van der Waals surface area (Å²) in [6, 6.07) is -0.108. The van der Waals surface area contributed by atoms with Gasteiger partial charge in [-0.15, -0.1) is 0 Å². The molecule has 0 atom stereocenters. The van der Waals surface area contributed by atoms with Crippen molar-refractivity contribution in [3.05, 3.63) is 31.5 Å². The van der Waals surface area contributed by atoms with Gasteiger partial charge in [-0.25, -0.2) is 28.1 Å². The Morgan fingerprint density at radius 3 is 1.59 bits per heavy atom. The highest BCUT2D eigenvalue weighted by Gasteiger charge is 2.30.